The summed E-state index contributed by atoms with van der Waals surface area (Å²) in [5.41, 5.74) is 11.8. The van der Waals surface area contributed by atoms with Gasteiger partial charge in [-0.3, -0.25) is 4.79 Å². The van der Waals surface area contributed by atoms with E-state index in [1.54, 1.807) is 14.2 Å². The van der Waals surface area contributed by atoms with Crippen molar-refractivity contribution >= 4 is 29.1 Å². The monoisotopic (exact) mass is 670 g/mol. The molecule has 7 nitrogen and oxygen atoms in total. The molecular formula is C37H48Cl2N2O5. The molecule has 0 aliphatic heterocycles. The lowest BCUT2D eigenvalue weighted by molar-refractivity contribution is -0.136. The fourth-order valence-corrected chi connectivity index (χ4v) is 6.29. The number of nitrogens with two attached hydrogens (primary N) is 1. The zero-order valence-corrected chi connectivity index (χ0v) is 28.9. The number of amides is 1. The maximum Gasteiger partial charge on any atom is 0.227 e. The summed E-state index contributed by atoms with van der Waals surface area (Å²) >= 11 is 12.6. The van der Waals surface area contributed by atoms with Crippen LogP contribution in [0.25, 0.3) is 0 Å². The Labute approximate surface area is 284 Å². The number of rotatable bonds is 20. The first-order valence-corrected chi connectivity index (χ1v) is 17.0. The van der Waals surface area contributed by atoms with E-state index in [1.165, 1.54) is 11.1 Å². The lowest BCUT2D eigenvalue weighted by atomic mass is 9.96. The molecule has 0 aromatic heterocycles. The second-order valence-corrected chi connectivity index (χ2v) is 12.9. The Hall–Kier alpha value is -2.81. The molecule has 0 saturated heterocycles. The highest BCUT2D eigenvalue weighted by Gasteiger charge is 2.35. The minimum absolute atomic E-state index is 0.117. The van der Waals surface area contributed by atoms with Crippen LogP contribution in [0.15, 0.2) is 54.6 Å². The van der Waals surface area contributed by atoms with Crippen molar-refractivity contribution in [3.05, 3.63) is 92.5 Å². The quantitative estimate of drug-likeness (QED) is 0.128. The number of ether oxygens (including phenoxy) is 4. The Morgan fingerprint density at radius 2 is 1.46 bits per heavy atom. The molecule has 1 aliphatic carbocycles. The van der Waals surface area contributed by atoms with Crippen LogP contribution < -0.4 is 15.2 Å². The minimum Gasteiger partial charge on any atom is -0.491 e. The van der Waals surface area contributed by atoms with Gasteiger partial charge in [0.25, 0.3) is 0 Å². The first kappa shape index (κ1) is 36.0. The largest absolute Gasteiger partial charge is 0.491 e. The van der Waals surface area contributed by atoms with Gasteiger partial charge >= 0.3 is 0 Å². The van der Waals surface area contributed by atoms with Gasteiger partial charge in [-0.25, -0.2) is 0 Å². The van der Waals surface area contributed by atoms with Crippen molar-refractivity contribution in [1.29, 1.82) is 0 Å². The average molecular weight is 672 g/mol. The van der Waals surface area contributed by atoms with Gasteiger partial charge in [-0.15, -0.1) is 0 Å². The summed E-state index contributed by atoms with van der Waals surface area (Å²) in [5.74, 6) is 1.17. The molecule has 2 N–H and O–H groups in total. The molecule has 1 atom stereocenters. The molecule has 1 fully saturated rings. The Kier molecular flexibility index (Phi) is 14.5. The van der Waals surface area contributed by atoms with Gasteiger partial charge in [0.15, 0.2) is 5.75 Å². The van der Waals surface area contributed by atoms with E-state index in [1.807, 2.05) is 30.0 Å². The summed E-state index contributed by atoms with van der Waals surface area (Å²) in [7, 11) is 3.38. The molecule has 1 saturated carbocycles. The first-order chi connectivity index (χ1) is 22.3. The normalized spacial score (nSPS) is 13.4. The van der Waals surface area contributed by atoms with Gasteiger partial charge in [-0.1, -0.05) is 53.5 Å². The SMILES string of the molecule is COCCCc1cc(CN(C(=O)[C@@H](CN)Cc2ccc(CCCOc3c(Cl)cc(C)cc3Cl)cc2)C2CC2)cc(OCCOC)c1. The second kappa shape index (κ2) is 18.5. The number of hydrogen-bond donors (Lipinski definition) is 1. The van der Waals surface area contributed by atoms with E-state index in [0.717, 1.165) is 61.0 Å². The van der Waals surface area contributed by atoms with E-state index < -0.39 is 0 Å². The van der Waals surface area contributed by atoms with Gasteiger partial charge in [0.1, 0.15) is 12.4 Å². The number of aryl methyl sites for hydroxylation is 3. The third kappa shape index (κ3) is 11.2. The maximum absolute atomic E-state index is 13.9. The van der Waals surface area contributed by atoms with Crippen molar-refractivity contribution in [2.75, 3.05) is 47.2 Å². The van der Waals surface area contributed by atoms with Gasteiger partial charge in [0.2, 0.25) is 5.91 Å². The highest BCUT2D eigenvalue weighted by atomic mass is 35.5. The van der Waals surface area contributed by atoms with Gasteiger partial charge in [0.05, 0.1) is 29.2 Å². The minimum atomic E-state index is -0.286. The number of nitrogens with zero attached hydrogens (tertiary/aromatic N) is 1. The van der Waals surface area contributed by atoms with E-state index in [9.17, 15) is 4.79 Å². The molecule has 1 aliphatic rings. The van der Waals surface area contributed by atoms with Crippen LogP contribution >= 0.6 is 23.2 Å². The van der Waals surface area contributed by atoms with Crippen molar-refractivity contribution in [3.63, 3.8) is 0 Å². The third-order valence-corrected chi connectivity index (χ3v) is 8.72. The summed E-state index contributed by atoms with van der Waals surface area (Å²) in [6.45, 7) is 4.99. The van der Waals surface area contributed by atoms with E-state index >= 15 is 0 Å². The van der Waals surface area contributed by atoms with Crippen molar-refractivity contribution < 1.29 is 23.7 Å². The van der Waals surface area contributed by atoms with Crippen LogP contribution in [0.4, 0.5) is 0 Å². The predicted octanol–water partition coefficient (Wildman–Crippen LogP) is 7.23. The highest BCUT2D eigenvalue weighted by molar-refractivity contribution is 6.37. The van der Waals surface area contributed by atoms with Crippen molar-refractivity contribution in [1.82, 2.24) is 4.90 Å². The molecule has 3 aromatic rings. The van der Waals surface area contributed by atoms with Crippen LogP contribution in [-0.2, 0) is 40.1 Å². The number of benzene rings is 3. The van der Waals surface area contributed by atoms with Gasteiger partial charge < -0.3 is 29.6 Å². The summed E-state index contributed by atoms with van der Waals surface area (Å²) in [4.78, 5) is 16.0. The van der Waals surface area contributed by atoms with Crippen LogP contribution in [0.5, 0.6) is 11.5 Å². The van der Waals surface area contributed by atoms with E-state index in [4.69, 9.17) is 47.9 Å². The molecule has 0 spiro atoms. The highest BCUT2D eigenvalue weighted by Crippen LogP contribution is 2.34. The molecule has 0 bridgehead atoms. The Morgan fingerprint density at radius 3 is 2.11 bits per heavy atom. The molecule has 250 valence electrons. The van der Waals surface area contributed by atoms with Crippen LogP contribution in [0.2, 0.25) is 10.0 Å². The lowest BCUT2D eigenvalue weighted by Gasteiger charge is -2.27. The fourth-order valence-electron chi connectivity index (χ4n) is 5.59. The molecule has 1 amide bonds. The molecule has 0 unspecified atom stereocenters. The van der Waals surface area contributed by atoms with Crippen LogP contribution in [0.3, 0.4) is 0 Å². The topological polar surface area (TPSA) is 83.3 Å². The zero-order valence-electron chi connectivity index (χ0n) is 27.4. The Bertz CT molecular complexity index is 1350. The smallest absolute Gasteiger partial charge is 0.227 e. The van der Waals surface area contributed by atoms with Crippen LogP contribution in [0, 0.1) is 12.8 Å². The average Bonchev–Trinajstić information content (AvgIpc) is 3.88. The summed E-state index contributed by atoms with van der Waals surface area (Å²) in [5, 5.41) is 1.06. The summed E-state index contributed by atoms with van der Waals surface area (Å²) in [6, 6.07) is 18.7. The number of carbonyl (C=O) groups is 1. The number of methoxy groups -OCH3 is 2. The standard InChI is InChI=1S/C37H48Cl2N2O5/c1-26-18-34(38)36(35(39)19-26)46-15-5-6-27-8-10-28(11-9-27)21-31(24-40)37(42)41(32-12-13-32)25-30-20-29(7-4-14-43-2)22-33(23-30)45-17-16-44-3/h8-11,18-20,22-23,31-32H,4-7,12-17,21,24-25,40H2,1-3H3/t31-/m1/s1. The molecule has 4 rings (SSSR count). The number of carbonyl (C=O) groups excluding carboxylic acids is 1. The van der Waals surface area contributed by atoms with Gasteiger partial charge in [0, 0.05) is 40.0 Å². The second-order valence-electron chi connectivity index (χ2n) is 12.1. The summed E-state index contributed by atoms with van der Waals surface area (Å²) in [6.07, 6.45) is 6.13. The third-order valence-electron chi connectivity index (χ3n) is 8.16. The summed E-state index contributed by atoms with van der Waals surface area (Å²) < 4.78 is 22.3. The predicted molar refractivity (Wildman–Crippen MR) is 185 cm³/mol. The maximum atomic E-state index is 13.9. The Balaban J connectivity index is 1.35. The lowest BCUT2D eigenvalue weighted by Crippen LogP contribution is -2.41. The number of hydrogen-bond acceptors (Lipinski definition) is 6. The molecule has 9 heteroatoms. The van der Waals surface area contributed by atoms with Gasteiger partial charge in [-0.2, -0.15) is 0 Å². The Morgan fingerprint density at radius 1 is 0.826 bits per heavy atom. The fraction of sp³-hybridized carbons (Fsp3) is 0.486. The zero-order chi connectivity index (χ0) is 32.9. The van der Waals surface area contributed by atoms with Crippen molar-refractivity contribution in [2.24, 2.45) is 11.7 Å². The molecule has 0 heterocycles. The van der Waals surface area contributed by atoms with Crippen LogP contribution in [0.1, 0.15) is 53.5 Å². The van der Waals surface area contributed by atoms with E-state index in [-0.39, 0.29) is 17.9 Å². The van der Waals surface area contributed by atoms with Crippen molar-refractivity contribution in [2.45, 2.75) is 64.5 Å². The first-order valence-electron chi connectivity index (χ1n) is 16.2. The van der Waals surface area contributed by atoms with Gasteiger partial charge in [-0.05, 0) is 104 Å². The number of halogens is 2. The van der Waals surface area contributed by atoms with Crippen LogP contribution in [-0.4, -0.2) is 64.0 Å². The van der Waals surface area contributed by atoms with Crippen molar-refractivity contribution in [3.8, 4) is 11.5 Å². The molecule has 3 aromatic carbocycles. The van der Waals surface area contributed by atoms with E-state index in [2.05, 4.69) is 36.4 Å². The molecule has 46 heavy (non-hydrogen) atoms. The van der Waals surface area contributed by atoms with E-state index in [0.29, 0.717) is 61.7 Å². The molecular weight excluding hydrogens is 623 g/mol. The molecule has 0 radical (unpaired) electrons.